The van der Waals surface area contributed by atoms with Gasteiger partial charge in [0.1, 0.15) is 5.82 Å². The van der Waals surface area contributed by atoms with E-state index >= 15 is 0 Å². The highest BCUT2D eigenvalue weighted by Crippen LogP contribution is 2.04. The van der Waals surface area contributed by atoms with Gasteiger partial charge in [0, 0.05) is 13.1 Å². The molecule has 5 heteroatoms. The van der Waals surface area contributed by atoms with E-state index in [1.165, 1.54) is 12.1 Å². The normalized spacial score (nSPS) is 9.82. The van der Waals surface area contributed by atoms with Crippen LogP contribution in [0, 0.1) is 17.1 Å². The minimum atomic E-state index is -0.277. The zero-order valence-electron chi connectivity index (χ0n) is 12.0. The number of carbonyl (C=O) groups is 1. The van der Waals surface area contributed by atoms with Crippen LogP contribution in [0.1, 0.15) is 16.7 Å². The van der Waals surface area contributed by atoms with Crippen molar-refractivity contribution in [3.63, 3.8) is 0 Å². The van der Waals surface area contributed by atoms with E-state index in [1.807, 2.05) is 12.1 Å². The van der Waals surface area contributed by atoms with Gasteiger partial charge in [0.2, 0.25) is 0 Å². The lowest BCUT2D eigenvalue weighted by Crippen LogP contribution is -2.36. The Balaban J connectivity index is 1.70. The van der Waals surface area contributed by atoms with Crippen molar-refractivity contribution in [1.82, 2.24) is 10.6 Å². The van der Waals surface area contributed by atoms with Gasteiger partial charge in [0.25, 0.3) is 0 Å². The monoisotopic (exact) mass is 297 g/mol. The molecule has 0 aliphatic carbocycles. The number of carbonyl (C=O) groups excluding carboxylic acids is 1. The van der Waals surface area contributed by atoms with Crippen molar-refractivity contribution < 1.29 is 9.18 Å². The molecule has 0 aliphatic heterocycles. The van der Waals surface area contributed by atoms with Gasteiger partial charge in [0.15, 0.2) is 0 Å². The molecule has 0 aromatic heterocycles. The van der Waals surface area contributed by atoms with E-state index in [2.05, 4.69) is 10.6 Å². The molecule has 0 unspecified atom stereocenters. The third-order valence-electron chi connectivity index (χ3n) is 3.12. The number of amides is 2. The van der Waals surface area contributed by atoms with Gasteiger partial charge in [-0.15, -0.1) is 0 Å². The van der Waals surface area contributed by atoms with Gasteiger partial charge in [-0.05, 0) is 41.8 Å². The number of nitrogens with one attached hydrogen (secondary N) is 2. The highest BCUT2D eigenvalue weighted by molar-refractivity contribution is 5.73. The Kier molecular flexibility index (Phi) is 5.50. The Bertz CT molecular complexity index is 677. The van der Waals surface area contributed by atoms with Crippen molar-refractivity contribution in [3.8, 4) is 6.07 Å². The summed E-state index contributed by atoms with van der Waals surface area (Å²) in [5.41, 5.74) is 2.34. The van der Waals surface area contributed by atoms with Crippen LogP contribution < -0.4 is 10.6 Å². The Morgan fingerprint density at radius 1 is 1.09 bits per heavy atom. The fourth-order valence-electron chi connectivity index (χ4n) is 1.95. The molecule has 2 rings (SSSR count). The van der Waals surface area contributed by atoms with E-state index in [9.17, 15) is 9.18 Å². The fourth-order valence-corrected chi connectivity index (χ4v) is 1.95. The van der Waals surface area contributed by atoms with E-state index in [-0.39, 0.29) is 11.8 Å². The number of rotatable bonds is 5. The molecule has 2 aromatic rings. The lowest BCUT2D eigenvalue weighted by atomic mass is 10.1. The zero-order chi connectivity index (χ0) is 15.8. The summed E-state index contributed by atoms with van der Waals surface area (Å²) in [6.07, 6.45) is 0.571. The second kappa shape index (κ2) is 7.79. The number of urea groups is 1. The molecule has 2 N–H and O–H groups in total. The number of hydrogen-bond donors (Lipinski definition) is 2. The largest absolute Gasteiger partial charge is 0.338 e. The molecule has 2 amide bonds. The average Bonchev–Trinajstić information content (AvgIpc) is 2.53. The van der Waals surface area contributed by atoms with Crippen LogP contribution in [-0.2, 0) is 13.0 Å². The van der Waals surface area contributed by atoms with Crippen molar-refractivity contribution in [2.24, 2.45) is 0 Å². The standard InChI is InChI=1S/C17H16FN3O/c18-16-3-1-2-13(10-16)8-9-20-17(22)21-12-15-6-4-14(11-19)5-7-15/h1-7,10H,8-9,12H2,(H2,20,21,22). The first-order valence-electron chi connectivity index (χ1n) is 6.92. The van der Waals surface area contributed by atoms with Crippen LogP contribution in [0.5, 0.6) is 0 Å². The van der Waals surface area contributed by atoms with Crippen molar-refractivity contribution >= 4 is 6.03 Å². The summed E-state index contributed by atoms with van der Waals surface area (Å²) >= 11 is 0. The Labute approximate surface area is 128 Å². The smallest absolute Gasteiger partial charge is 0.315 e. The van der Waals surface area contributed by atoms with E-state index < -0.39 is 0 Å². The minimum Gasteiger partial charge on any atom is -0.338 e. The van der Waals surface area contributed by atoms with Crippen molar-refractivity contribution in [1.29, 1.82) is 5.26 Å². The molecule has 2 aromatic carbocycles. The van der Waals surface area contributed by atoms with E-state index in [0.717, 1.165) is 11.1 Å². The summed E-state index contributed by atoms with van der Waals surface area (Å²) < 4.78 is 13.0. The van der Waals surface area contributed by atoms with E-state index in [1.54, 1.807) is 30.3 Å². The number of benzene rings is 2. The number of halogens is 1. The highest BCUT2D eigenvalue weighted by Gasteiger charge is 2.01. The third-order valence-corrected chi connectivity index (χ3v) is 3.12. The van der Waals surface area contributed by atoms with E-state index in [4.69, 9.17) is 5.26 Å². The van der Waals surface area contributed by atoms with E-state index in [0.29, 0.717) is 25.1 Å². The molecule has 0 heterocycles. The van der Waals surface area contributed by atoms with Gasteiger partial charge in [-0.2, -0.15) is 5.26 Å². The van der Waals surface area contributed by atoms with Crippen molar-refractivity contribution in [3.05, 3.63) is 71.0 Å². The third kappa shape index (κ3) is 4.91. The summed E-state index contributed by atoms with van der Waals surface area (Å²) in [7, 11) is 0. The molecule has 0 atom stereocenters. The summed E-state index contributed by atoms with van der Waals surface area (Å²) in [5, 5.41) is 14.1. The molecule has 0 saturated carbocycles. The molecule has 4 nitrogen and oxygen atoms in total. The lowest BCUT2D eigenvalue weighted by Gasteiger charge is -2.08. The van der Waals surface area contributed by atoms with Gasteiger partial charge in [-0.3, -0.25) is 0 Å². The van der Waals surface area contributed by atoms with Crippen LogP contribution >= 0.6 is 0 Å². The summed E-state index contributed by atoms with van der Waals surface area (Å²) in [6, 6.07) is 15.1. The molecule has 0 saturated heterocycles. The predicted molar refractivity (Wildman–Crippen MR) is 81.5 cm³/mol. The molecule has 22 heavy (non-hydrogen) atoms. The molecular formula is C17H16FN3O. The molecule has 112 valence electrons. The molecule has 0 spiro atoms. The van der Waals surface area contributed by atoms with Gasteiger partial charge in [-0.1, -0.05) is 24.3 Å². The summed E-state index contributed by atoms with van der Waals surface area (Å²) in [4.78, 5) is 11.6. The maximum atomic E-state index is 13.0. The first kappa shape index (κ1) is 15.5. The SMILES string of the molecule is N#Cc1ccc(CNC(=O)NCCc2cccc(F)c2)cc1. The molecule has 0 radical (unpaired) electrons. The topological polar surface area (TPSA) is 64.9 Å². The second-order valence-electron chi connectivity index (χ2n) is 4.80. The van der Waals surface area contributed by atoms with Gasteiger partial charge in [-0.25, -0.2) is 9.18 Å². The lowest BCUT2D eigenvalue weighted by molar-refractivity contribution is 0.240. The van der Waals surface area contributed by atoms with Crippen LogP contribution in [0.25, 0.3) is 0 Å². The van der Waals surface area contributed by atoms with Gasteiger partial charge >= 0.3 is 6.03 Å². The van der Waals surface area contributed by atoms with Crippen LogP contribution in [0.3, 0.4) is 0 Å². The van der Waals surface area contributed by atoms with Crippen LogP contribution in [0.15, 0.2) is 48.5 Å². The zero-order valence-corrected chi connectivity index (χ0v) is 12.0. The fraction of sp³-hybridized carbons (Fsp3) is 0.176. The summed E-state index contributed by atoms with van der Waals surface area (Å²) in [6.45, 7) is 0.820. The first-order valence-corrected chi connectivity index (χ1v) is 6.92. The number of nitriles is 1. The van der Waals surface area contributed by atoms with Gasteiger partial charge in [0.05, 0.1) is 11.6 Å². The Hall–Kier alpha value is -2.87. The maximum absolute atomic E-state index is 13.0. The Morgan fingerprint density at radius 3 is 2.55 bits per heavy atom. The molecular weight excluding hydrogens is 281 g/mol. The second-order valence-corrected chi connectivity index (χ2v) is 4.80. The Morgan fingerprint density at radius 2 is 1.86 bits per heavy atom. The average molecular weight is 297 g/mol. The van der Waals surface area contributed by atoms with Gasteiger partial charge < -0.3 is 10.6 Å². The minimum absolute atomic E-state index is 0.275. The number of hydrogen-bond acceptors (Lipinski definition) is 2. The van der Waals surface area contributed by atoms with Crippen molar-refractivity contribution in [2.75, 3.05) is 6.54 Å². The van der Waals surface area contributed by atoms with Crippen LogP contribution in [0.4, 0.5) is 9.18 Å². The van der Waals surface area contributed by atoms with Crippen LogP contribution in [-0.4, -0.2) is 12.6 Å². The summed E-state index contributed by atoms with van der Waals surface area (Å²) in [5.74, 6) is -0.275. The first-order chi connectivity index (χ1) is 10.7. The quantitative estimate of drug-likeness (QED) is 0.891. The molecule has 0 bridgehead atoms. The van der Waals surface area contributed by atoms with Crippen LogP contribution in [0.2, 0.25) is 0 Å². The number of nitrogens with zero attached hydrogens (tertiary/aromatic N) is 1. The molecule has 0 aliphatic rings. The van der Waals surface area contributed by atoms with Crippen molar-refractivity contribution in [2.45, 2.75) is 13.0 Å². The molecule has 0 fully saturated rings. The predicted octanol–water partition coefficient (Wildman–Crippen LogP) is 2.74. The highest BCUT2D eigenvalue weighted by atomic mass is 19.1. The maximum Gasteiger partial charge on any atom is 0.315 e.